The number of piperidine rings is 1. The van der Waals surface area contributed by atoms with Crippen LogP contribution in [0.4, 0.5) is 10.5 Å². The summed E-state index contributed by atoms with van der Waals surface area (Å²) in [5.41, 5.74) is 0.185. The van der Waals surface area contributed by atoms with E-state index < -0.39 is 17.7 Å². The Morgan fingerprint density at radius 3 is 2.80 bits per heavy atom. The summed E-state index contributed by atoms with van der Waals surface area (Å²) in [7, 11) is 0. The molecule has 1 aliphatic rings. The van der Waals surface area contributed by atoms with Crippen molar-refractivity contribution in [1.82, 2.24) is 4.90 Å². The van der Waals surface area contributed by atoms with Gasteiger partial charge < -0.3 is 10.1 Å². The third-order valence-corrected chi connectivity index (χ3v) is 5.05. The molecule has 5 nitrogen and oxygen atoms in total. The van der Waals surface area contributed by atoms with Crippen molar-refractivity contribution in [3.05, 3.63) is 29.6 Å². The largest absolute Gasteiger partial charge is 0.444 e. The summed E-state index contributed by atoms with van der Waals surface area (Å²) < 4.78 is 6.65. The van der Waals surface area contributed by atoms with Gasteiger partial charge in [0.2, 0.25) is 5.91 Å². The second kappa shape index (κ2) is 7.04. The number of fused-ring (bicyclic) bond motifs is 1. The Balaban J connectivity index is 1.72. The highest BCUT2D eigenvalue weighted by Gasteiger charge is 2.34. The molecular weight excluding hydrogens is 336 g/mol. The molecule has 2 aromatic rings. The van der Waals surface area contributed by atoms with Crippen molar-refractivity contribution < 1.29 is 14.3 Å². The first-order chi connectivity index (χ1) is 11.8. The molecule has 134 valence electrons. The molecule has 1 atom stereocenters. The first-order valence-corrected chi connectivity index (χ1v) is 9.49. The Labute approximate surface area is 152 Å². The second-order valence-electron chi connectivity index (χ2n) is 7.35. The van der Waals surface area contributed by atoms with Crippen LogP contribution in [0, 0.1) is 0 Å². The van der Waals surface area contributed by atoms with Gasteiger partial charge in [0.15, 0.2) is 0 Å². The van der Waals surface area contributed by atoms with Gasteiger partial charge in [0.25, 0.3) is 0 Å². The summed E-state index contributed by atoms with van der Waals surface area (Å²) in [5.74, 6) is -0.153. The lowest BCUT2D eigenvalue weighted by Crippen LogP contribution is -2.51. The molecule has 0 bridgehead atoms. The maximum atomic E-state index is 12.8. The lowest BCUT2D eigenvalue weighted by atomic mass is 10.0. The van der Waals surface area contributed by atoms with Gasteiger partial charge in [-0.15, -0.1) is 11.3 Å². The summed E-state index contributed by atoms with van der Waals surface area (Å²) in [6.07, 6.45) is 2.07. The van der Waals surface area contributed by atoms with Gasteiger partial charge in [0.1, 0.15) is 11.6 Å². The third kappa shape index (κ3) is 4.31. The van der Waals surface area contributed by atoms with Crippen LogP contribution in [-0.2, 0) is 9.53 Å². The maximum Gasteiger partial charge on any atom is 0.410 e. The smallest absolute Gasteiger partial charge is 0.410 e. The van der Waals surface area contributed by atoms with Gasteiger partial charge in [-0.05, 0) is 75.1 Å². The van der Waals surface area contributed by atoms with E-state index in [4.69, 9.17) is 4.74 Å². The van der Waals surface area contributed by atoms with Crippen LogP contribution in [0.3, 0.4) is 0 Å². The van der Waals surface area contributed by atoms with Gasteiger partial charge in [-0.25, -0.2) is 4.79 Å². The van der Waals surface area contributed by atoms with E-state index in [1.165, 1.54) is 4.70 Å². The van der Waals surface area contributed by atoms with Gasteiger partial charge in [-0.3, -0.25) is 9.69 Å². The van der Waals surface area contributed by atoms with Crippen LogP contribution in [-0.4, -0.2) is 35.1 Å². The first-order valence-electron chi connectivity index (χ1n) is 8.61. The molecule has 2 amide bonds. The number of rotatable bonds is 2. The fourth-order valence-electron chi connectivity index (χ4n) is 3.01. The summed E-state index contributed by atoms with van der Waals surface area (Å²) in [4.78, 5) is 26.8. The van der Waals surface area contributed by atoms with Crippen molar-refractivity contribution >= 4 is 39.1 Å². The van der Waals surface area contributed by atoms with Gasteiger partial charge in [-0.2, -0.15) is 0 Å². The van der Waals surface area contributed by atoms with Crippen molar-refractivity contribution in [1.29, 1.82) is 0 Å². The van der Waals surface area contributed by atoms with Crippen LogP contribution in [0.2, 0.25) is 0 Å². The van der Waals surface area contributed by atoms with Gasteiger partial charge in [-0.1, -0.05) is 0 Å². The predicted octanol–water partition coefficient (Wildman–Crippen LogP) is 4.63. The normalized spacial score (nSPS) is 18.2. The average Bonchev–Trinajstić information content (AvgIpc) is 3.01. The Bertz CT molecular complexity index is 778. The highest BCUT2D eigenvalue weighted by Crippen LogP contribution is 2.25. The number of nitrogens with zero attached hydrogens (tertiary/aromatic N) is 1. The van der Waals surface area contributed by atoms with Crippen LogP contribution < -0.4 is 5.32 Å². The monoisotopic (exact) mass is 360 g/mol. The number of benzene rings is 1. The van der Waals surface area contributed by atoms with Crippen molar-refractivity contribution in [2.45, 2.75) is 51.7 Å². The Morgan fingerprint density at radius 1 is 1.24 bits per heavy atom. The first kappa shape index (κ1) is 17.7. The summed E-state index contributed by atoms with van der Waals surface area (Å²) in [6.45, 7) is 6.05. The fourth-order valence-corrected chi connectivity index (χ4v) is 3.78. The highest BCUT2D eigenvalue weighted by molar-refractivity contribution is 7.17. The van der Waals surface area contributed by atoms with Crippen molar-refractivity contribution in [3.63, 3.8) is 0 Å². The molecule has 1 unspecified atom stereocenters. The molecule has 0 radical (unpaired) electrons. The molecule has 1 saturated heterocycles. The van der Waals surface area contributed by atoms with Gasteiger partial charge in [0, 0.05) is 16.9 Å². The van der Waals surface area contributed by atoms with E-state index >= 15 is 0 Å². The zero-order valence-electron chi connectivity index (χ0n) is 14.9. The molecule has 1 aliphatic heterocycles. The molecule has 6 heteroatoms. The average molecular weight is 360 g/mol. The standard InChI is InChI=1S/C19H24N2O3S/c1-19(2,3)24-18(23)21-10-5-4-6-15(21)17(22)20-14-7-8-16-13(12-14)9-11-25-16/h7-9,11-12,15H,4-6,10H2,1-3H3,(H,20,22). The minimum atomic E-state index is -0.570. The topological polar surface area (TPSA) is 58.6 Å². The number of hydrogen-bond acceptors (Lipinski definition) is 4. The minimum Gasteiger partial charge on any atom is -0.444 e. The number of nitrogens with one attached hydrogen (secondary N) is 1. The maximum absolute atomic E-state index is 12.8. The number of carbonyl (C=O) groups is 2. The Hall–Kier alpha value is -2.08. The van der Waals surface area contributed by atoms with Gasteiger partial charge >= 0.3 is 6.09 Å². The molecule has 0 aliphatic carbocycles. The number of hydrogen-bond donors (Lipinski definition) is 1. The highest BCUT2D eigenvalue weighted by atomic mass is 32.1. The number of thiophene rings is 1. The lowest BCUT2D eigenvalue weighted by Gasteiger charge is -2.35. The van der Waals surface area contributed by atoms with E-state index in [0.29, 0.717) is 13.0 Å². The quantitative estimate of drug-likeness (QED) is 0.849. The zero-order chi connectivity index (χ0) is 18.0. The lowest BCUT2D eigenvalue weighted by molar-refractivity contribution is -0.122. The minimum absolute atomic E-state index is 0.153. The van der Waals surface area contributed by atoms with Crippen molar-refractivity contribution in [3.8, 4) is 0 Å². The fraction of sp³-hybridized carbons (Fsp3) is 0.474. The molecule has 3 rings (SSSR count). The molecule has 0 spiro atoms. The zero-order valence-corrected chi connectivity index (χ0v) is 15.7. The third-order valence-electron chi connectivity index (χ3n) is 4.15. The molecule has 25 heavy (non-hydrogen) atoms. The van der Waals surface area contributed by atoms with Crippen molar-refractivity contribution in [2.75, 3.05) is 11.9 Å². The van der Waals surface area contributed by atoms with Crippen LogP contribution in [0.25, 0.3) is 10.1 Å². The number of amides is 2. The number of carbonyl (C=O) groups excluding carboxylic acids is 2. The predicted molar refractivity (Wildman–Crippen MR) is 101 cm³/mol. The van der Waals surface area contributed by atoms with E-state index in [1.807, 2.05) is 50.4 Å². The summed E-state index contributed by atoms with van der Waals surface area (Å²) >= 11 is 1.67. The molecule has 1 N–H and O–H groups in total. The molecule has 1 aromatic carbocycles. The van der Waals surface area contributed by atoms with Crippen LogP contribution in [0.5, 0.6) is 0 Å². The Kier molecular flexibility index (Phi) is 4.99. The molecule has 2 heterocycles. The van der Waals surface area contributed by atoms with E-state index in [2.05, 4.69) is 5.32 Å². The number of likely N-dealkylation sites (tertiary alicyclic amines) is 1. The van der Waals surface area contributed by atoms with E-state index in [9.17, 15) is 9.59 Å². The summed E-state index contributed by atoms with van der Waals surface area (Å²) in [6, 6.07) is 7.41. The van der Waals surface area contributed by atoms with Gasteiger partial charge in [0.05, 0.1) is 0 Å². The van der Waals surface area contributed by atoms with Crippen LogP contribution >= 0.6 is 11.3 Å². The van der Waals surface area contributed by atoms with Crippen LogP contribution in [0.1, 0.15) is 40.0 Å². The van der Waals surface area contributed by atoms with Crippen LogP contribution in [0.15, 0.2) is 29.6 Å². The molecular formula is C19H24N2O3S. The number of anilines is 1. The molecule has 1 fully saturated rings. The second-order valence-corrected chi connectivity index (χ2v) is 8.30. The van der Waals surface area contributed by atoms with E-state index in [1.54, 1.807) is 16.2 Å². The molecule has 1 aromatic heterocycles. The van der Waals surface area contributed by atoms with E-state index in [0.717, 1.165) is 23.9 Å². The molecule has 0 saturated carbocycles. The van der Waals surface area contributed by atoms with Crippen molar-refractivity contribution in [2.24, 2.45) is 0 Å². The Morgan fingerprint density at radius 2 is 2.04 bits per heavy atom. The SMILES string of the molecule is CC(C)(C)OC(=O)N1CCCCC1C(=O)Nc1ccc2sccc2c1. The summed E-state index contributed by atoms with van der Waals surface area (Å²) in [5, 5.41) is 6.09. The van der Waals surface area contributed by atoms with E-state index in [-0.39, 0.29) is 5.91 Å². The number of ether oxygens (including phenoxy) is 1.